The van der Waals surface area contributed by atoms with Crippen molar-refractivity contribution in [3.05, 3.63) is 81.7 Å². The molecule has 1 aromatic heterocycles. The van der Waals surface area contributed by atoms with E-state index < -0.39 is 0 Å². The number of fused-ring (bicyclic) bond motifs is 3. The zero-order chi connectivity index (χ0) is 21.4. The number of thiophene rings is 1. The summed E-state index contributed by atoms with van der Waals surface area (Å²) in [7, 11) is 0. The van der Waals surface area contributed by atoms with Crippen molar-refractivity contribution in [1.82, 2.24) is 10.2 Å². The molecule has 0 unspecified atom stereocenters. The molecule has 2 aromatic carbocycles. The van der Waals surface area contributed by atoms with E-state index in [4.69, 9.17) is 4.74 Å². The molecule has 5 rings (SSSR count). The van der Waals surface area contributed by atoms with E-state index in [9.17, 15) is 4.79 Å². The second kappa shape index (κ2) is 8.36. The maximum atomic E-state index is 13.0. The van der Waals surface area contributed by atoms with Crippen LogP contribution in [-0.2, 0) is 19.6 Å². The summed E-state index contributed by atoms with van der Waals surface area (Å²) in [5, 5.41) is 7.68. The normalized spacial score (nSPS) is 18.2. The molecule has 0 aliphatic carbocycles. The van der Waals surface area contributed by atoms with Gasteiger partial charge in [-0.15, -0.1) is 11.3 Å². The Hall–Kier alpha value is -2.83. The molecule has 0 fully saturated rings. The smallest absolute Gasteiger partial charge is 0.256 e. The van der Waals surface area contributed by atoms with Crippen LogP contribution in [0.1, 0.15) is 51.9 Å². The Morgan fingerprint density at radius 3 is 2.61 bits per heavy atom. The van der Waals surface area contributed by atoms with E-state index in [0.29, 0.717) is 12.6 Å². The number of nitrogens with zero attached hydrogens (tertiary/aromatic N) is 1. The van der Waals surface area contributed by atoms with Gasteiger partial charge < -0.3 is 15.4 Å². The van der Waals surface area contributed by atoms with Gasteiger partial charge in [-0.05, 0) is 49.1 Å². The molecule has 1 amide bonds. The monoisotopic (exact) mass is 433 g/mol. The van der Waals surface area contributed by atoms with Gasteiger partial charge >= 0.3 is 0 Å². The number of carbonyl (C=O) groups is 1. The van der Waals surface area contributed by atoms with Gasteiger partial charge in [-0.1, -0.05) is 42.5 Å². The van der Waals surface area contributed by atoms with Gasteiger partial charge in [0.25, 0.3) is 5.91 Å². The lowest BCUT2D eigenvalue weighted by molar-refractivity contribution is 0.0934. The quantitative estimate of drug-likeness (QED) is 0.598. The molecule has 6 heteroatoms. The summed E-state index contributed by atoms with van der Waals surface area (Å²) in [5.74, 6) is 0.842. The summed E-state index contributed by atoms with van der Waals surface area (Å²) in [4.78, 5) is 16.7. The molecule has 0 saturated heterocycles. The fourth-order valence-electron chi connectivity index (χ4n) is 4.24. The molecular weight excluding hydrogens is 406 g/mol. The van der Waals surface area contributed by atoms with E-state index in [-0.39, 0.29) is 12.1 Å². The Balaban J connectivity index is 1.29. The summed E-state index contributed by atoms with van der Waals surface area (Å²) in [6.07, 6.45) is 0.705. The molecule has 1 atom stereocenters. The molecule has 2 N–H and O–H groups in total. The fourth-order valence-corrected chi connectivity index (χ4v) is 5.54. The van der Waals surface area contributed by atoms with E-state index in [2.05, 4.69) is 41.5 Å². The van der Waals surface area contributed by atoms with Crippen molar-refractivity contribution in [2.75, 3.05) is 11.9 Å². The van der Waals surface area contributed by atoms with Gasteiger partial charge in [0.15, 0.2) is 0 Å². The van der Waals surface area contributed by atoms with E-state index in [1.54, 1.807) is 11.3 Å². The van der Waals surface area contributed by atoms with Crippen LogP contribution in [0.4, 0.5) is 5.00 Å². The van der Waals surface area contributed by atoms with Crippen molar-refractivity contribution in [3.63, 3.8) is 0 Å². The van der Waals surface area contributed by atoms with E-state index >= 15 is 0 Å². The highest BCUT2D eigenvalue weighted by Gasteiger charge is 2.33. The fraction of sp³-hybridized carbons (Fsp3) is 0.320. The number of nitrogens with one attached hydrogen (secondary N) is 2. The standard InChI is InChI=1S/C25H27N3O2S/c1-16(2)28-13-12-20-21(14-28)31-25-22(20)24(29)26-23(27-25)18-8-10-19(11-9-18)30-15-17-6-4-3-5-7-17/h3-11,16,23,27H,12-15H2,1-2H3,(H,26,29)/t23-/m0/s1. The van der Waals surface area contributed by atoms with Crippen molar-refractivity contribution in [2.24, 2.45) is 0 Å². The minimum Gasteiger partial charge on any atom is -0.489 e. The number of amides is 1. The zero-order valence-electron chi connectivity index (χ0n) is 17.9. The first-order chi connectivity index (χ1) is 15.1. The third-order valence-corrected chi connectivity index (χ3v) is 7.20. The van der Waals surface area contributed by atoms with Crippen LogP contribution in [0.25, 0.3) is 0 Å². The van der Waals surface area contributed by atoms with E-state index in [0.717, 1.165) is 47.0 Å². The molecule has 160 valence electrons. The first-order valence-electron chi connectivity index (χ1n) is 10.8. The van der Waals surface area contributed by atoms with Crippen LogP contribution in [0.3, 0.4) is 0 Å². The first kappa shape index (κ1) is 20.1. The van der Waals surface area contributed by atoms with Gasteiger partial charge in [0.2, 0.25) is 0 Å². The zero-order valence-corrected chi connectivity index (χ0v) is 18.7. The maximum Gasteiger partial charge on any atom is 0.256 e. The Bertz CT molecular complexity index is 1080. The minimum absolute atomic E-state index is 0.0265. The summed E-state index contributed by atoms with van der Waals surface area (Å²) in [6.45, 7) is 6.93. The Morgan fingerprint density at radius 2 is 1.87 bits per heavy atom. The van der Waals surface area contributed by atoms with Crippen LogP contribution in [0.2, 0.25) is 0 Å². The highest BCUT2D eigenvalue weighted by atomic mass is 32.1. The summed E-state index contributed by atoms with van der Waals surface area (Å²) in [5.41, 5.74) is 4.23. The molecule has 5 nitrogen and oxygen atoms in total. The lowest BCUT2D eigenvalue weighted by Crippen LogP contribution is -2.39. The molecule has 2 aliphatic rings. The number of benzene rings is 2. The minimum atomic E-state index is -0.232. The summed E-state index contributed by atoms with van der Waals surface area (Å²) < 4.78 is 5.89. The molecule has 0 saturated carbocycles. The highest BCUT2D eigenvalue weighted by Crippen LogP contribution is 2.41. The Morgan fingerprint density at radius 1 is 1.10 bits per heavy atom. The van der Waals surface area contributed by atoms with E-state index in [1.807, 2.05) is 42.5 Å². The van der Waals surface area contributed by atoms with Crippen molar-refractivity contribution in [2.45, 2.75) is 45.6 Å². The predicted molar refractivity (Wildman–Crippen MR) is 125 cm³/mol. The molecule has 31 heavy (non-hydrogen) atoms. The number of hydrogen-bond donors (Lipinski definition) is 2. The molecule has 3 heterocycles. The first-order valence-corrected chi connectivity index (χ1v) is 11.6. The highest BCUT2D eigenvalue weighted by molar-refractivity contribution is 7.16. The molecule has 3 aromatic rings. The molecule has 0 bridgehead atoms. The van der Waals surface area contributed by atoms with Crippen LogP contribution in [0, 0.1) is 0 Å². The number of ether oxygens (including phenoxy) is 1. The number of rotatable bonds is 5. The third-order valence-electron chi connectivity index (χ3n) is 6.06. The molecule has 2 aliphatic heterocycles. The average molecular weight is 434 g/mol. The van der Waals surface area contributed by atoms with Crippen molar-refractivity contribution >= 4 is 22.2 Å². The predicted octanol–water partition coefficient (Wildman–Crippen LogP) is 4.95. The van der Waals surface area contributed by atoms with Crippen molar-refractivity contribution in [1.29, 1.82) is 0 Å². The molecule has 0 spiro atoms. The van der Waals surface area contributed by atoms with Crippen LogP contribution in [-0.4, -0.2) is 23.4 Å². The van der Waals surface area contributed by atoms with Crippen LogP contribution >= 0.6 is 11.3 Å². The average Bonchev–Trinajstić information content (AvgIpc) is 3.17. The maximum absolute atomic E-state index is 13.0. The Labute approximate surface area is 187 Å². The Kier molecular flexibility index (Phi) is 5.42. The van der Waals surface area contributed by atoms with Crippen LogP contribution in [0.5, 0.6) is 5.75 Å². The van der Waals surface area contributed by atoms with Crippen LogP contribution < -0.4 is 15.4 Å². The largest absolute Gasteiger partial charge is 0.489 e. The second-order valence-electron chi connectivity index (χ2n) is 8.42. The topological polar surface area (TPSA) is 53.6 Å². The summed E-state index contributed by atoms with van der Waals surface area (Å²) >= 11 is 1.73. The van der Waals surface area contributed by atoms with Crippen molar-refractivity contribution in [3.8, 4) is 5.75 Å². The van der Waals surface area contributed by atoms with Crippen molar-refractivity contribution < 1.29 is 9.53 Å². The van der Waals surface area contributed by atoms with Gasteiger partial charge in [-0.25, -0.2) is 0 Å². The third kappa shape index (κ3) is 4.05. The lowest BCUT2D eigenvalue weighted by atomic mass is 9.99. The number of anilines is 1. The number of hydrogen-bond acceptors (Lipinski definition) is 5. The van der Waals surface area contributed by atoms with Gasteiger partial charge in [0, 0.05) is 24.0 Å². The van der Waals surface area contributed by atoms with Crippen LogP contribution in [0.15, 0.2) is 54.6 Å². The lowest BCUT2D eigenvalue weighted by Gasteiger charge is -2.31. The van der Waals surface area contributed by atoms with Gasteiger partial charge in [0.1, 0.15) is 23.5 Å². The second-order valence-corrected chi connectivity index (χ2v) is 9.52. The molecular formula is C25H27N3O2S. The van der Waals surface area contributed by atoms with Gasteiger partial charge in [-0.2, -0.15) is 0 Å². The molecule has 0 radical (unpaired) electrons. The van der Waals surface area contributed by atoms with Gasteiger partial charge in [-0.3, -0.25) is 9.69 Å². The summed E-state index contributed by atoms with van der Waals surface area (Å²) in [6, 6.07) is 18.6. The number of carbonyl (C=O) groups excluding carboxylic acids is 1. The SMILES string of the molecule is CC(C)N1CCc2c(sc3c2C(=O)N[C@H](c2ccc(OCc4ccccc4)cc2)N3)C1. The van der Waals surface area contributed by atoms with Gasteiger partial charge in [0.05, 0.1) is 5.56 Å². The van der Waals surface area contributed by atoms with E-state index in [1.165, 1.54) is 10.4 Å².